The van der Waals surface area contributed by atoms with Gasteiger partial charge in [-0.25, -0.2) is 0 Å². The molecular formula is C35H38BrN3O7. The lowest BCUT2D eigenvalue weighted by Gasteiger charge is -2.35. The highest BCUT2D eigenvalue weighted by Gasteiger charge is 2.75. The summed E-state index contributed by atoms with van der Waals surface area (Å²) >= 11 is 3.57. The second-order valence-electron chi connectivity index (χ2n) is 12.3. The van der Waals surface area contributed by atoms with Gasteiger partial charge in [0, 0.05) is 37.6 Å². The molecule has 1 N–H and O–H groups in total. The van der Waals surface area contributed by atoms with Gasteiger partial charge in [0.25, 0.3) is 0 Å². The maximum Gasteiger partial charge on any atom is 0.313 e. The molecule has 0 saturated carbocycles. The predicted molar refractivity (Wildman–Crippen MR) is 172 cm³/mol. The Morgan fingerprint density at radius 2 is 1.65 bits per heavy atom. The van der Waals surface area contributed by atoms with E-state index < -0.39 is 53.6 Å². The molecule has 4 heterocycles. The molecule has 1 spiro atoms. The molecule has 4 aliphatic rings. The molecule has 4 aliphatic heterocycles. The number of nitrogens with zero attached hydrogens (tertiary/aromatic N) is 3. The molecule has 10 nitrogen and oxygen atoms in total. The van der Waals surface area contributed by atoms with Crippen LogP contribution in [0.5, 0.6) is 0 Å². The van der Waals surface area contributed by atoms with Crippen LogP contribution in [0.4, 0.5) is 0 Å². The SMILES string of the molecule is C[C@@H]1[C@@H](c2ccccc2)OC(=O)[C@@H]2[C@H]3O[C@@]4(C=C3Br)[C@H](C(=O)N(Cc3ccccc3)C/C=C\CCC(=O)N1C)N(CCO)C(=O)[C@@H]24. The minimum atomic E-state index is -1.44. The number of carbonyl (C=O) groups excluding carboxylic acids is 4. The third-order valence-electron chi connectivity index (χ3n) is 9.63. The Morgan fingerprint density at radius 3 is 2.35 bits per heavy atom. The third kappa shape index (κ3) is 5.58. The van der Waals surface area contributed by atoms with Gasteiger partial charge >= 0.3 is 5.97 Å². The predicted octanol–water partition coefficient (Wildman–Crippen LogP) is 3.36. The highest BCUT2D eigenvalue weighted by Crippen LogP contribution is 2.59. The van der Waals surface area contributed by atoms with Crippen LogP contribution < -0.4 is 0 Å². The molecule has 3 amide bonds. The summed E-state index contributed by atoms with van der Waals surface area (Å²) in [5, 5.41) is 10.0. The van der Waals surface area contributed by atoms with Gasteiger partial charge in [0.05, 0.1) is 18.6 Å². The Bertz CT molecular complexity index is 1550. The lowest BCUT2D eigenvalue weighted by atomic mass is 9.74. The zero-order chi connectivity index (χ0) is 32.6. The quantitative estimate of drug-likeness (QED) is 0.378. The highest BCUT2D eigenvalue weighted by atomic mass is 79.9. The van der Waals surface area contributed by atoms with Gasteiger partial charge in [0.15, 0.2) is 0 Å². The van der Waals surface area contributed by atoms with Crippen LogP contribution in [0.25, 0.3) is 0 Å². The Kier molecular flexibility index (Phi) is 9.18. The van der Waals surface area contributed by atoms with Crippen LogP contribution in [-0.2, 0) is 35.2 Å². The van der Waals surface area contributed by atoms with Crippen molar-refractivity contribution >= 4 is 39.6 Å². The summed E-state index contributed by atoms with van der Waals surface area (Å²) in [4.78, 5) is 61.0. The number of rotatable bonds is 5. The second kappa shape index (κ2) is 13.1. The number of amides is 3. The molecular weight excluding hydrogens is 654 g/mol. The number of halogens is 1. The first kappa shape index (κ1) is 32.2. The summed E-state index contributed by atoms with van der Waals surface area (Å²) in [6.45, 7) is 1.86. The van der Waals surface area contributed by atoms with Crippen molar-refractivity contribution in [3.8, 4) is 0 Å². The second-order valence-corrected chi connectivity index (χ2v) is 13.2. The number of hydrogen-bond acceptors (Lipinski definition) is 7. The van der Waals surface area contributed by atoms with E-state index in [0.717, 1.165) is 5.56 Å². The van der Waals surface area contributed by atoms with Gasteiger partial charge in [0.1, 0.15) is 29.8 Å². The first-order valence-corrected chi connectivity index (χ1v) is 16.4. The summed E-state index contributed by atoms with van der Waals surface area (Å²) < 4.78 is 13.4. The fraction of sp³-hybridized carbons (Fsp3) is 0.429. The molecule has 0 unspecified atom stereocenters. The number of benzene rings is 2. The minimum Gasteiger partial charge on any atom is -0.455 e. The number of cyclic esters (lactones) is 1. The number of fused-ring (bicyclic) bond motifs is 2. The lowest BCUT2D eigenvalue weighted by molar-refractivity contribution is -0.164. The number of ether oxygens (including phenoxy) is 2. The van der Waals surface area contributed by atoms with E-state index >= 15 is 0 Å². The Morgan fingerprint density at radius 1 is 0.957 bits per heavy atom. The first-order valence-electron chi connectivity index (χ1n) is 15.6. The first-order chi connectivity index (χ1) is 22.2. The van der Waals surface area contributed by atoms with Gasteiger partial charge in [-0.05, 0) is 30.5 Å². The van der Waals surface area contributed by atoms with E-state index in [9.17, 15) is 24.3 Å². The maximum atomic E-state index is 14.6. The van der Waals surface area contributed by atoms with Crippen molar-refractivity contribution < 1.29 is 33.8 Å². The zero-order valence-electron chi connectivity index (χ0n) is 25.8. The van der Waals surface area contributed by atoms with Crippen molar-refractivity contribution in [3.63, 3.8) is 0 Å². The molecule has 0 aliphatic carbocycles. The van der Waals surface area contributed by atoms with Gasteiger partial charge in [0.2, 0.25) is 17.7 Å². The number of esters is 1. The summed E-state index contributed by atoms with van der Waals surface area (Å²) in [6, 6.07) is 17.1. The topological polar surface area (TPSA) is 117 Å². The molecule has 11 heteroatoms. The molecule has 2 aromatic rings. The number of allylic oxidation sites excluding steroid dienone is 1. The number of aliphatic hydroxyl groups excluding tert-OH is 1. The van der Waals surface area contributed by atoms with Gasteiger partial charge in [-0.1, -0.05) is 88.7 Å². The van der Waals surface area contributed by atoms with Crippen LogP contribution in [0, 0.1) is 11.8 Å². The number of carbonyl (C=O) groups is 4. The monoisotopic (exact) mass is 691 g/mol. The van der Waals surface area contributed by atoms with Crippen LogP contribution in [0.3, 0.4) is 0 Å². The van der Waals surface area contributed by atoms with Crippen molar-refractivity contribution in [2.45, 2.75) is 56.2 Å². The van der Waals surface area contributed by atoms with E-state index in [4.69, 9.17) is 9.47 Å². The van der Waals surface area contributed by atoms with E-state index in [-0.39, 0.29) is 44.5 Å². The van der Waals surface area contributed by atoms with Crippen molar-refractivity contribution in [1.82, 2.24) is 14.7 Å². The van der Waals surface area contributed by atoms with Crippen LogP contribution in [-0.4, -0.2) is 94.0 Å². The Hall–Kier alpha value is -3.80. The van der Waals surface area contributed by atoms with E-state index in [1.54, 1.807) is 22.9 Å². The van der Waals surface area contributed by atoms with Crippen LogP contribution in [0.1, 0.15) is 37.0 Å². The number of likely N-dealkylation sites (tertiary alicyclic amines) is 1. The van der Waals surface area contributed by atoms with Crippen LogP contribution in [0.2, 0.25) is 0 Å². The van der Waals surface area contributed by atoms with Crippen LogP contribution in [0.15, 0.2) is 83.4 Å². The number of aliphatic hydroxyl groups is 1. The Labute approximate surface area is 276 Å². The molecule has 6 rings (SSSR count). The summed E-state index contributed by atoms with van der Waals surface area (Å²) in [5.74, 6) is -3.66. The van der Waals surface area contributed by atoms with E-state index in [1.807, 2.05) is 79.7 Å². The van der Waals surface area contributed by atoms with E-state index in [1.165, 1.54) is 4.90 Å². The number of likely N-dealkylation sites (N-methyl/N-ethyl adjacent to an activating group) is 1. The average molecular weight is 693 g/mol. The van der Waals surface area contributed by atoms with Crippen molar-refractivity contribution in [1.29, 1.82) is 0 Å². The van der Waals surface area contributed by atoms with E-state index in [2.05, 4.69) is 15.9 Å². The highest BCUT2D eigenvalue weighted by molar-refractivity contribution is 9.11. The summed E-state index contributed by atoms with van der Waals surface area (Å²) in [5.41, 5.74) is 0.164. The smallest absolute Gasteiger partial charge is 0.313 e. The largest absolute Gasteiger partial charge is 0.455 e. The molecule has 0 radical (unpaired) electrons. The lowest BCUT2D eigenvalue weighted by Crippen LogP contribution is -2.56. The van der Waals surface area contributed by atoms with Gasteiger partial charge in [-0.2, -0.15) is 0 Å². The number of β-amino-alcohol motifs (C(OH)–C–C–N with tert-alkyl or cyclic N) is 1. The standard InChI is InChI=1S/C35H38BrN3O7/c1-22-29(24-14-8-4-9-15-24)45-34(44)27-28-32(42)39(18-19-40)31(35(28)20-25(36)30(27)46-35)33(43)38(21-23-12-6-3-7-13-23)17-11-5-10-16-26(41)37(22)2/h3-9,11-15,20,22,27-31,40H,10,16-19,21H2,1-2H3/b11-5-/t22-,27+,28-,29+,30+,31+,35-/m1/s1. The van der Waals surface area contributed by atoms with Crippen LogP contribution >= 0.6 is 15.9 Å². The molecule has 5 bridgehead atoms. The fourth-order valence-corrected chi connectivity index (χ4v) is 7.98. The third-order valence-corrected chi connectivity index (χ3v) is 10.3. The molecule has 0 aromatic heterocycles. The van der Waals surface area contributed by atoms with Gasteiger partial charge < -0.3 is 29.3 Å². The Balaban J connectivity index is 1.44. The van der Waals surface area contributed by atoms with E-state index in [0.29, 0.717) is 16.5 Å². The molecule has 2 aromatic carbocycles. The molecule has 46 heavy (non-hydrogen) atoms. The number of hydrogen-bond donors (Lipinski definition) is 1. The average Bonchev–Trinajstić information content (AvgIpc) is 3.65. The molecule has 2 saturated heterocycles. The summed E-state index contributed by atoms with van der Waals surface area (Å²) in [7, 11) is 1.70. The molecule has 242 valence electrons. The minimum absolute atomic E-state index is 0.0969. The normalized spacial score (nSPS) is 32.4. The van der Waals surface area contributed by atoms with Gasteiger partial charge in [-0.3, -0.25) is 19.2 Å². The van der Waals surface area contributed by atoms with Crippen molar-refractivity contribution in [2.24, 2.45) is 11.8 Å². The summed E-state index contributed by atoms with van der Waals surface area (Å²) in [6.07, 6.45) is 4.52. The van der Waals surface area contributed by atoms with Crippen molar-refractivity contribution in [2.75, 3.05) is 26.7 Å². The molecule has 2 fully saturated rings. The molecule has 7 atom stereocenters. The fourth-order valence-electron chi connectivity index (χ4n) is 7.25. The van der Waals surface area contributed by atoms with Crippen molar-refractivity contribution in [3.05, 3.63) is 94.5 Å². The van der Waals surface area contributed by atoms with Gasteiger partial charge in [-0.15, -0.1) is 0 Å². The zero-order valence-corrected chi connectivity index (χ0v) is 27.4. The maximum absolute atomic E-state index is 14.6.